The number of amides is 1. The average molecular weight is 317 g/mol. The van der Waals surface area contributed by atoms with Crippen LogP contribution in [0.2, 0.25) is 5.02 Å². The standard InChI is InChI=1S/C15H13ClN4O2/c1-9-6-13(21)20-14(19-9)12(8-18-20)15(22)17-7-10-2-4-11(16)5-3-10/h2-6,8,18H,7H2,1H3,(H,17,22). The summed E-state index contributed by atoms with van der Waals surface area (Å²) in [6.07, 6.45) is 1.47. The molecule has 0 unspecified atom stereocenters. The van der Waals surface area contributed by atoms with E-state index in [9.17, 15) is 9.59 Å². The normalized spacial score (nSPS) is 10.8. The maximum atomic E-state index is 12.3. The minimum absolute atomic E-state index is 0.251. The number of fused-ring (bicyclic) bond motifs is 1. The number of H-pyrrole nitrogens is 1. The van der Waals surface area contributed by atoms with Crippen molar-refractivity contribution in [3.63, 3.8) is 0 Å². The number of nitrogens with zero attached hydrogens (tertiary/aromatic N) is 2. The van der Waals surface area contributed by atoms with Crippen molar-refractivity contribution in [2.75, 3.05) is 0 Å². The molecule has 0 aliphatic heterocycles. The molecule has 1 amide bonds. The Morgan fingerprint density at radius 1 is 1.36 bits per heavy atom. The van der Waals surface area contributed by atoms with Gasteiger partial charge in [0.25, 0.3) is 11.5 Å². The van der Waals surface area contributed by atoms with E-state index in [1.807, 2.05) is 12.1 Å². The van der Waals surface area contributed by atoms with Gasteiger partial charge in [-0.25, -0.2) is 9.50 Å². The fraction of sp³-hybridized carbons (Fsp3) is 0.133. The number of aromatic nitrogens is 3. The first-order chi connectivity index (χ1) is 10.5. The van der Waals surface area contributed by atoms with E-state index in [1.165, 1.54) is 16.8 Å². The van der Waals surface area contributed by atoms with Crippen LogP contribution in [0.5, 0.6) is 0 Å². The minimum atomic E-state index is -0.300. The number of hydrogen-bond acceptors (Lipinski definition) is 3. The van der Waals surface area contributed by atoms with E-state index in [0.717, 1.165) is 5.56 Å². The Morgan fingerprint density at radius 2 is 2.09 bits per heavy atom. The molecule has 0 saturated heterocycles. The minimum Gasteiger partial charge on any atom is -0.348 e. The number of halogens is 1. The molecule has 0 spiro atoms. The van der Waals surface area contributed by atoms with Crippen molar-refractivity contribution in [1.82, 2.24) is 19.9 Å². The predicted molar refractivity (Wildman–Crippen MR) is 83.2 cm³/mol. The second kappa shape index (κ2) is 5.65. The smallest absolute Gasteiger partial charge is 0.272 e. The summed E-state index contributed by atoms with van der Waals surface area (Å²) >= 11 is 5.82. The number of aryl methyl sites for hydroxylation is 1. The highest BCUT2D eigenvalue weighted by molar-refractivity contribution is 6.30. The number of hydrogen-bond donors (Lipinski definition) is 2. The first-order valence-electron chi connectivity index (χ1n) is 6.65. The van der Waals surface area contributed by atoms with Crippen LogP contribution in [0.1, 0.15) is 21.6 Å². The molecule has 1 aromatic carbocycles. The summed E-state index contributed by atoms with van der Waals surface area (Å²) in [5.74, 6) is -0.300. The average Bonchev–Trinajstić information content (AvgIpc) is 2.90. The SMILES string of the molecule is Cc1cc(=O)n2[nH]cc(C(=O)NCc3ccc(Cl)cc3)c2n1. The molecule has 0 saturated carbocycles. The van der Waals surface area contributed by atoms with Gasteiger partial charge in [0.1, 0.15) is 5.56 Å². The van der Waals surface area contributed by atoms with E-state index in [0.29, 0.717) is 28.5 Å². The van der Waals surface area contributed by atoms with Crippen LogP contribution < -0.4 is 10.9 Å². The van der Waals surface area contributed by atoms with Crippen LogP contribution in [0.15, 0.2) is 41.3 Å². The zero-order valence-electron chi connectivity index (χ0n) is 11.8. The summed E-state index contributed by atoms with van der Waals surface area (Å²) in [7, 11) is 0. The van der Waals surface area contributed by atoms with Crippen molar-refractivity contribution in [2.24, 2.45) is 0 Å². The van der Waals surface area contributed by atoms with Crippen molar-refractivity contribution in [2.45, 2.75) is 13.5 Å². The van der Waals surface area contributed by atoms with Gasteiger partial charge in [0.05, 0.1) is 0 Å². The molecule has 0 radical (unpaired) electrons. The van der Waals surface area contributed by atoms with Gasteiger partial charge in [-0.15, -0.1) is 0 Å². The molecule has 0 atom stereocenters. The topological polar surface area (TPSA) is 79.3 Å². The van der Waals surface area contributed by atoms with Crippen molar-refractivity contribution in [3.8, 4) is 0 Å². The second-order valence-electron chi connectivity index (χ2n) is 4.89. The van der Waals surface area contributed by atoms with Gasteiger partial charge in [0.2, 0.25) is 0 Å². The third kappa shape index (κ3) is 2.73. The summed E-state index contributed by atoms with van der Waals surface area (Å²) in [4.78, 5) is 28.3. The Bertz CT molecular complexity index is 896. The molecule has 0 fully saturated rings. The third-order valence-electron chi connectivity index (χ3n) is 3.24. The summed E-state index contributed by atoms with van der Waals surface area (Å²) < 4.78 is 1.24. The van der Waals surface area contributed by atoms with E-state index < -0.39 is 0 Å². The van der Waals surface area contributed by atoms with Gasteiger partial charge in [-0.1, -0.05) is 23.7 Å². The predicted octanol–water partition coefficient (Wildman–Crippen LogP) is 1.91. The Kier molecular flexibility index (Phi) is 3.68. The fourth-order valence-corrected chi connectivity index (χ4v) is 2.27. The molecular weight excluding hydrogens is 304 g/mol. The number of aromatic amines is 1. The molecule has 22 heavy (non-hydrogen) atoms. The molecule has 6 nitrogen and oxygen atoms in total. The van der Waals surface area contributed by atoms with Gasteiger partial charge < -0.3 is 5.32 Å². The zero-order chi connectivity index (χ0) is 15.7. The molecule has 3 aromatic rings. The number of nitrogens with one attached hydrogen (secondary N) is 2. The van der Waals surface area contributed by atoms with Crippen molar-refractivity contribution < 1.29 is 4.79 Å². The molecule has 2 aromatic heterocycles. The summed E-state index contributed by atoms with van der Waals surface area (Å²) in [5, 5.41) is 6.17. The Hall–Kier alpha value is -2.60. The van der Waals surface area contributed by atoms with Gasteiger partial charge in [-0.05, 0) is 24.6 Å². The van der Waals surface area contributed by atoms with E-state index >= 15 is 0 Å². The highest BCUT2D eigenvalue weighted by atomic mass is 35.5. The van der Waals surface area contributed by atoms with Crippen LogP contribution in [0.3, 0.4) is 0 Å². The Morgan fingerprint density at radius 3 is 2.82 bits per heavy atom. The quantitative estimate of drug-likeness (QED) is 0.774. The molecule has 0 aliphatic carbocycles. The highest BCUT2D eigenvalue weighted by Gasteiger charge is 2.14. The van der Waals surface area contributed by atoms with Gasteiger partial charge in [-0.3, -0.25) is 14.7 Å². The van der Waals surface area contributed by atoms with Crippen LogP contribution in [-0.4, -0.2) is 20.5 Å². The Balaban J connectivity index is 1.83. The number of benzene rings is 1. The first kappa shape index (κ1) is 14.3. The van der Waals surface area contributed by atoms with Gasteiger partial charge in [0, 0.05) is 29.5 Å². The van der Waals surface area contributed by atoms with E-state index in [2.05, 4.69) is 15.4 Å². The van der Waals surface area contributed by atoms with Crippen LogP contribution in [0.4, 0.5) is 0 Å². The van der Waals surface area contributed by atoms with E-state index in [-0.39, 0.29) is 11.5 Å². The molecule has 3 rings (SSSR count). The van der Waals surface area contributed by atoms with Gasteiger partial charge >= 0.3 is 0 Å². The Labute approximate surface area is 130 Å². The zero-order valence-corrected chi connectivity index (χ0v) is 12.5. The van der Waals surface area contributed by atoms with Crippen LogP contribution >= 0.6 is 11.6 Å². The van der Waals surface area contributed by atoms with Crippen LogP contribution in [-0.2, 0) is 6.54 Å². The molecule has 0 bridgehead atoms. The fourth-order valence-electron chi connectivity index (χ4n) is 2.14. The number of carbonyl (C=O) groups excluding carboxylic acids is 1. The lowest BCUT2D eigenvalue weighted by Crippen LogP contribution is -2.23. The van der Waals surface area contributed by atoms with Crippen molar-refractivity contribution in [1.29, 1.82) is 0 Å². The monoisotopic (exact) mass is 316 g/mol. The van der Waals surface area contributed by atoms with Gasteiger partial charge in [0.15, 0.2) is 5.65 Å². The second-order valence-corrected chi connectivity index (χ2v) is 5.33. The van der Waals surface area contributed by atoms with E-state index in [1.54, 1.807) is 19.1 Å². The third-order valence-corrected chi connectivity index (χ3v) is 3.49. The maximum Gasteiger partial charge on any atom is 0.272 e. The lowest BCUT2D eigenvalue weighted by Gasteiger charge is -2.04. The van der Waals surface area contributed by atoms with Crippen molar-refractivity contribution >= 4 is 23.2 Å². The van der Waals surface area contributed by atoms with Crippen molar-refractivity contribution in [3.05, 3.63) is 68.7 Å². The number of rotatable bonds is 3. The lowest BCUT2D eigenvalue weighted by molar-refractivity contribution is 0.0952. The van der Waals surface area contributed by atoms with E-state index in [4.69, 9.17) is 11.6 Å². The summed E-state index contributed by atoms with van der Waals surface area (Å²) in [6.45, 7) is 2.08. The summed E-state index contributed by atoms with van der Waals surface area (Å²) in [6, 6.07) is 8.60. The highest BCUT2D eigenvalue weighted by Crippen LogP contribution is 2.10. The molecule has 2 N–H and O–H groups in total. The lowest BCUT2D eigenvalue weighted by atomic mass is 10.2. The largest absolute Gasteiger partial charge is 0.348 e. The number of carbonyl (C=O) groups is 1. The molecule has 112 valence electrons. The first-order valence-corrected chi connectivity index (χ1v) is 7.03. The molecule has 0 aliphatic rings. The van der Waals surface area contributed by atoms with Gasteiger partial charge in [-0.2, -0.15) is 0 Å². The maximum absolute atomic E-state index is 12.3. The van der Waals surface area contributed by atoms with Crippen LogP contribution in [0.25, 0.3) is 5.65 Å². The molecule has 2 heterocycles. The summed E-state index contributed by atoms with van der Waals surface area (Å²) in [5.41, 5.74) is 1.89. The van der Waals surface area contributed by atoms with Crippen LogP contribution in [0, 0.1) is 6.92 Å². The molecule has 7 heteroatoms. The molecular formula is C15H13ClN4O2.